The molecule has 1 fully saturated rings. The van der Waals surface area contributed by atoms with Gasteiger partial charge < -0.3 is 19.3 Å². The van der Waals surface area contributed by atoms with Gasteiger partial charge in [-0.15, -0.1) is 0 Å². The maximum atomic E-state index is 13.7. The number of aromatic nitrogens is 2. The second-order valence-corrected chi connectivity index (χ2v) is 8.07. The number of hydrogen-bond acceptors (Lipinski definition) is 8. The first-order chi connectivity index (χ1) is 17.0. The van der Waals surface area contributed by atoms with Crippen LogP contribution in [0.15, 0.2) is 53.3 Å². The van der Waals surface area contributed by atoms with Crippen LogP contribution in [0.5, 0.6) is 5.75 Å². The molecule has 0 N–H and O–H groups in total. The minimum atomic E-state index is -0.484. The molecule has 35 heavy (non-hydrogen) atoms. The topological polar surface area (TPSA) is 103 Å². The molecular formula is C25H29N5O5. The fraction of sp³-hybridized carbons (Fsp3) is 0.360. The first-order valence-corrected chi connectivity index (χ1v) is 11.6. The molecule has 3 aromatic rings. The number of methoxy groups -OCH3 is 1. The first-order valence-electron chi connectivity index (χ1n) is 11.6. The van der Waals surface area contributed by atoms with Gasteiger partial charge in [-0.3, -0.25) is 14.9 Å². The second-order valence-electron chi connectivity index (χ2n) is 8.07. The van der Waals surface area contributed by atoms with E-state index < -0.39 is 10.5 Å². The van der Waals surface area contributed by atoms with E-state index in [0.717, 1.165) is 15.9 Å². The van der Waals surface area contributed by atoms with E-state index in [1.165, 1.54) is 6.07 Å². The lowest BCUT2D eigenvalue weighted by atomic mass is 10.1. The molecule has 1 aliphatic heterocycles. The van der Waals surface area contributed by atoms with E-state index in [0.29, 0.717) is 56.5 Å². The molecule has 4 rings (SSSR count). The number of hydrogen-bond donors (Lipinski definition) is 0. The highest BCUT2D eigenvalue weighted by Crippen LogP contribution is 2.30. The van der Waals surface area contributed by atoms with Crippen LogP contribution in [0.3, 0.4) is 0 Å². The highest BCUT2D eigenvalue weighted by atomic mass is 16.6. The summed E-state index contributed by atoms with van der Waals surface area (Å²) in [6.45, 7) is 7.58. The first kappa shape index (κ1) is 24.2. The Morgan fingerprint density at radius 2 is 1.86 bits per heavy atom. The smallest absolute Gasteiger partial charge is 0.295 e. The van der Waals surface area contributed by atoms with Crippen molar-refractivity contribution in [1.29, 1.82) is 0 Å². The predicted octanol–water partition coefficient (Wildman–Crippen LogP) is 3.50. The van der Waals surface area contributed by atoms with Gasteiger partial charge in [0, 0.05) is 43.5 Å². The van der Waals surface area contributed by atoms with Crippen molar-refractivity contribution in [3.05, 3.63) is 69.0 Å². The standard InChI is InChI=1S/C25H29N5O5/c1-4-27(5-2)24-17-21(18-7-6-8-20(15-18)34-3)26-29(25(24)31)23-16-19(9-10-22(23)30(32)33)28-11-13-35-14-12-28/h6-10,15-17H,4-5,11-14H2,1-3H3. The van der Waals surface area contributed by atoms with Gasteiger partial charge in [0.05, 0.1) is 30.9 Å². The third-order valence-electron chi connectivity index (χ3n) is 6.12. The summed E-state index contributed by atoms with van der Waals surface area (Å²) in [4.78, 5) is 29.2. The quantitative estimate of drug-likeness (QED) is 0.357. The highest BCUT2D eigenvalue weighted by Gasteiger charge is 2.24. The summed E-state index contributed by atoms with van der Waals surface area (Å²) in [5, 5.41) is 16.6. The molecule has 1 aliphatic rings. The lowest BCUT2D eigenvalue weighted by Crippen LogP contribution is -2.36. The van der Waals surface area contributed by atoms with E-state index >= 15 is 0 Å². The van der Waals surface area contributed by atoms with Crippen LogP contribution in [0.1, 0.15) is 13.8 Å². The molecule has 0 atom stereocenters. The summed E-state index contributed by atoms with van der Waals surface area (Å²) in [7, 11) is 1.58. The van der Waals surface area contributed by atoms with Gasteiger partial charge >= 0.3 is 0 Å². The van der Waals surface area contributed by atoms with Crippen LogP contribution in [0.25, 0.3) is 16.9 Å². The molecular weight excluding hydrogens is 450 g/mol. The van der Waals surface area contributed by atoms with Crippen molar-refractivity contribution in [3.63, 3.8) is 0 Å². The zero-order chi connectivity index (χ0) is 24.9. The van der Waals surface area contributed by atoms with Crippen molar-refractivity contribution in [2.45, 2.75) is 13.8 Å². The molecule has 0 bridgehead atoms. The molecule has 2 heterocycles. The number of nitro benzene ring substituents is 1. The maximum absolute atomic E-state index is 13.7. The maximum Gasteiger partial charge on any atom is 0.295 e. The number of ether oxygens (including phenoxy) is 2. The summed E-state index contributed by atoms with van der Waals surface area (Å²) in [5.41, 5.74) is 1.97. The predicted molar refractivity (Wildman–Crippen MR) is 135 cm³/mol. The van der Waals surface area contributed by atoms with Crippen LogP contribution in [-0.4, -0.2) is 61.2 Å². The van der Waals surface area contributed by atoms with Crippen LogP contribution in [0.2, 0.25) is 0 Å². The van der Waals surface area contributed by atoms with Gasteiger partial charge in [0.15, 0.2) is 0 Å². The zero-order valence-corrected chi connectivity index (χ0v) is 20.1. The van der Waals surface area contributed by atoms with E-state index in [2.05, 4.69) is 10.00 Å². The van der Waals surface area contributed by atoms with Gasteiger partial charge in [-0.2, -0.15) is 9.78 Å². The Hall–Kier alpha value is -3.92. The fourth-order valence-corrected chi connectivity index (χ4v) is 4.21. The normalized spacial score (nSPS) is 13.5. The van der Waals surface area contributed by atoms with Crippen molar-refractivity contribution in [2.75, 3.05) is 56.3 Å². The summed E-state index contributed by atoms with van der Waals surface area (Å²) >= 11 is 0. The molecule has 0 radical (unpaired) electrons. The summed E-state index contributed by atoms with van der Waals surface area (Å²) in [5.74, 6) is 0.645. The van der Waals surface area contributed by atoms with Gasteiger partial charge in [-0.05, 0) is 44.2 Å². The molecule has 10 nitrogen and oxygen atoms in total. The number of nitrogens with zero attached hydrogens (tertiary/aromatic N) is 5. The van der Waals surface area contributed by atoms with Gasteiger partial charge in [0.2, 0.25) is 0 Å². The monoisotopic (exact) mass is 479 g/mol. The minimum absolute atomic E-state index is 0.127. The largest absolute Gasteiger partial charge is 0.497 e. The van der Waals surface area contributed by atoms with Crippen molar-refractivity contribution in [3.8, 4) is 22.7 Å². The Bertz CT molecular complexity index is 1270. The SMILES string of the molecule is CCN(CC)c1cc(-c2cccc(OC)c2)nn(-c2cc(N3CCOCC3)ccc2[N+](=O)[O-])c1=O. The van der Waals surface area contributed by atoms with Crippen LogP contribution in [0, 0.1) is 10.1 Å². The number of anilines is 2. The molecule has 0 aliphatic carbocycles. The summed E-state index contributed by atoms with van der Waals surface area (Å²) < 4.78 is 11.9. The van der Waals surface area contributed by atoms with Crippen molar-refractivity contribution < 1.29 is 14.4 Å². The van der Waals surface area contributed by atoms with E-state index in [4.69, 9.17) is 9.47 Å². The van der Waals surface area contributed by atoms with Gasteiger partial charge in [-0.25, -0.2) is 0 Å². The molecule has 0 amide bonds. The Kier molecular flexibility index (Phi) is 7.31. The number of rotatable bonds is 8. The Balaban J connectivity index is 1.96. The van der Waals surface area contributed by atoms with Gasteiger partial charge in [0.25, 0.3) is 11.2 Å². The van der Waals surface area contributed by atoms with E-state index in [-0.39, 0.29) is 11.4 Å². The summed E-state index contributed by atoms with van der Waals surface area (Å²) in [6.07, 6.45) is 0. The molecule has 1 saturated heterocycles. The molecule has 1 aromatic heterocycles. The molecule has 10 heteroatoms. The summed E-state index contributed by atoms with van der Waals surface area (Å²) in [6, 6.07) is 13.9. The average Bonchev–Trinajstić information content (AvgIpc) is 2.90. The van der Waals surface area contributed by atoms with Crippen LogP contribution < -0.4 is 20.1 Å². The van der Waals surface area contributed by atoms with Crippen LogP contribution >= 0.6 is 0 Å². The Labute approximate surface area is 203 Å². The average molecular weight is 480 g/mol. The molecule has 0 spiro atoms. The molecule has 0 unspecified atom stereocenters. The Morgan fingerprint density at radius 1 is 1.11 bits per heavy atom. The third kappa shape index (κ3) is 4.97. The third-order valence-corrected chi connectivity index (χ3v) is 6.12. The second kappa shape index (κ2) is 10.6. The lowest BCUT2D eigenvalue weighted by Gasteiger charge is -2.29. The van der Waals surface area contributed by atoms with Gasteiger partial charge in [-0.1, -0.05) is 12.1 Å². The number of morpholine rings is 1. The van der Waals surface area contributed by atoms with E-state index in [1.807, 2.05) is 43.0 Å². The molecule has 0 saturated carbocycles. The minimum Gasteiger partial charge on any atom is -0.497 e. The van der Waals surface area contributed by atoms with Crippen molar-refractivity contribution in [1.82, 2.24) is 9.78 Å². The zero-order valence-electron chi connectivity index (χ0n) is 20.1. The number of nitro groups is 1. The van der Waals surface area contributed by atoms with Crippen LogP contribution in [0.4, 0.5) is 17.1 Å². The fourth-order valence-electron chi connectivity index (χ4n) is 4.21. The van der Waals surface area contributed by atoms with E-state index in [1.54, 1.807) is 25.3 Å². The molecule has 184 valence electrons. The number of benzene rings is 2. The van der Waals surface area contributed by atoms with E-state index in [9.17, 15) is 14.9 Å². The van der Waals surface area contributed by atoms with Gasteiger partial charge in [0.1, 0.15) is 17.1 Å². The van der Waals surface area contributed by atoms with Crippen molar-refractivity contribution >= 4 is 17.1 Å². The molecule has 2 aromatic carbocycles. The van der Waals surface area contributed by atoms with Crippen molar-refractivity contribution in [2.24, 2.45) is 0 Å². The highest BCUT2D eigenvalue weighted by molar-refractivity contribution is 5.68. The lowest BCUT2D eigenvalue weighted by molar-refractivity contribution is -0.384. The van der Waals surface area contributed by atoms with Crippen LogP contribution in [-0.2, 0) is 4.74 Å². The Morgan fingerprint density at radius 3 is 2.51 bits per heavy atom.